The van der Waals surface area contributed by atoms with E-state index in [2.05, 4.69) is 15.5 Å². The lowest BCUT2D eigenvalue weighted by molar-refractivity contribution is -0.115. The predicted octanol–water partition coefficient (Wildman–Crippen LogP) is 4.89. The molecule has 0 radical (unpaired) electrons. The Balaban J connectivity index is 1.50. The van der Waals surface area contributed by atoms with Crippen LogP contribution in [0, 0.1) is 5.82 Å². The molecule has 0 fully saturated rings. The predicted molar refractivity (Wildman–Crippen MR) is 114 cm³/mol. The third-order valence-electron chi connectivity index (χ3n) is 4.64. The summed E-state index contributed by atoms with van der Waals surface area (Å²) in [6.07, 6.45) is 0. The second kappa shape index (κ2) is 8.05. The van der Waals surface area contributed by atoms with Gasteiger partial charge in [0.1, 0.15) is 5.82 Å². The molecule has 0 bridgehead atoms. The monoisotopic (exact) mass is 406 g/mol. The van der Waals surface area contributed by atoms with Crippen molar-refractivity contribution >= 4 is 34.1 Å². The molecular weight excluding hydrogens is 387 g/mol. The molecule has 7 heteroatoms. The molecule has 0 aliphatic heterocycles. The first-order valence-corrected chi connectivity index (χ1v) is 10.0. The van der Waals surface area contributed by atoms with Crippen molar-refractivity contribution in [3.8, 4) is 11.4 Å². The third kappa shape index (κ3) is 4.00. The number of nitrogens with one attached hydrogen (secondary N) is 1. The highest BCUT2D eigenvalue weighted by Gasteiger charge is 2.20. The summed E-state index contributed by atoms with van der Waals surface area (Å²) in [6.45, 7) is 1.83. The molecule has 0 saturated carbocycles. The van der Waals surface area contributed by atoms with Crippen LogP contribution in [-0.2, 0) is 11.8 Å². The van der Waals surface area contributed by atoms with Gasteiger partial charge in [0, 0.05) is 23.7 Å². The van der Waals surface area contributed by atoms with E-state index in [9.17, 15) is 9.18 Å². The zero-order valence-electron chi connectivity index (χ0n) is 16.0. The highest BCUT2D eigenvalue weighted by molar-refractivity contribution is 8.00. The quantitative estimate of drug-likeness (QED) is 0.479. The van der Waals surface area contributed by atoms with Gasteiger partial charge in [-0.15, -0.1) is 10.2 Å². The molecule has 1 aromatic heterocycles. The van der Waals surface area contributed by atoms with E-state index < -0.39 is 0 Å². The van der Waals surface area contributed by atoms with E-state index in [1.165, 1.54) is 23.9 Å². The van der Waals surface area contributed by atoms with Gasteiger partial charge in [-0.25, -0.2) is 4.39 Å². The van der Waals surface area contributed by atoms with E-state index in [0.29, 0.717) is 11.0 Å². The fourth-order valence-corrected chi connectivity index (χ4v) is 3.86. The molecule has 1 atom stereocenters. The van der Waals surface area contributed by atoms with Crippen LogP contribution in [0.2, 0.25) is 0 Å². The lowest BCUT2D eigenvalue weighted by atomic mass is 10.1. The van der Waals surface area contributed by atoms with Crippen LogP contribution >= 0.6 is 11.8 Å². The summed E-state index contributed by atoms with van der Waals surface area (Å²) in [5.74, 6) is 0.205. The van der Waals surface area contributed by atoms with Gasteiger partial charge in [0.15, 0.2) is 11.0 Å². The molecule has 29 heavy (non-hydrogen) atoms. The Morgan fingerprint density at radius 1 is 1.03 bits per heavy atom. The van der Waals surface area contributed by atoms with Crippen molar-refractivity contribution in [3.63, 3.8) is 0 Å². The van der Waals surface area contributed by atoms with Gasteiger partial charge in [-0.1, -0.05) is 48.2 Å². The fourth-order valence-electron chi connectivity index (χ4n) is 3.05. The van der Waals surface area contributed by atoms with Crippen LogP contribution in [0.15, 0.2) is 71.9 Å². The Labute approximate surface area is 172 Å². The molecule has 5 nitrogen and oxygen atoms in total. The molecule has 3 aromatic carbocycles. The second-order valence-electron chi connectivity index (χ2n) is 6.65. The molecule has 0 spiro atoms. The molecule has 1 N–H and O–H groups in total. The Morgan fingerprint density at radius 3 is 2.55 bits per heavy atom. The smallest absolute Gasteiger partial charge is 0.237 e. The van der Waals surface area contributed by atoms with Crippen LogP contribution in [0.5, 0.6) is 0 Å². The normalized spacial score (nSPS) is 12.1. The van der Waals surface area contributed by atoms with Crippen LogP contribution < -0.4 is 5.32 Å². The molecule has 1 unspecified atom stereocenters. The average Bonchev–Trinajstić information content (AvgIpc) is 3.09. The highest BCUT2D eigenvalue weighted by Crippen LogP contribution is 2.28. The first-order valence-electron chi connectivity index (χ1n) is 9.13. The third-order valence-corrected chi connectivity index (χ3v) is 5.77. The van der Waals surface area contributed by atoms with E-state index in [1.54, 1.807) is 16.7 Å². The summed E-state index contributed by atoms with van der Waals surface area (Å²) in [7, 11) is 1.83. The standard InChI is InChI=1S/C22H19FN4OS/c1-14(21(28)24-19-9-5-7-15-6-3-4-8-18(15)19)29-22-26-25-20(27(22)2)16-10-12-17(23)13-11-16/h3-14H,1-2H3,(H,24,28). The van der Waals surface area contributed by atoms with Gasteiger partial charge < -0.3 is 9.88 Å². The number of nitrogens with zero attached hydrogens (tertiary/aromatic N) is 3. The van der Waals surface area contributed by atoms with E-state index in [-0.39, 0.29) is 17.0 Å². The summed E-state index contributed by atoms with van der Waals surface area (Å²) in [4.78, 5) is 12.8. The van der Waals surface area contributed by atoms with Crippen LogP contribution in [0.4, 0.5) is 10.1 Å². The van der Waals surface area contributed by atoms with Gasteiger partial charge in [-0.2, -0.15) is 0 Å². The van der Waals surface area contributed by atoms with Crippen molar-refractivity contribution in [3.05, 3.63) is 72.5 Å². The SMILES string of the molecule is CC(Sc1nnc(-c2ccc(F)cc2)n1C)C(=O)Nc1cccc2ccccc12. The van der Waals surface area contributed by atoms with E-state index >= 15 is 0 Å². The van der Waals surface area contributed by atoms with Gasteiger partial charge in [0.2, 0.25) is 5.91 Å². The molecule has 4 aromatic rings. The molecule has 0 aliphatic rings. The van der Waals surface area contributed by atoms with Crippen LogP contribution in [-0.4, -0.2) is 25.9 Å². The molecule has 4 rings (SSSR count). The molecular formula is C22H19FN4OS. The number of halogens is 1. The number of benzene rings is 3. The molecule has 0 aliphatic carbocycles. The average molecular weight is 406 g/mol. The molecule has 146 valence electrons. The number of fused-ring (bicyclic) bond motifs is 1. The summed E-state index contributed by atoms with van der Waals surface area (Å²) in [6, 6.07) is 19.8. The zero-order valence-corrected chi connectivity index (χ0v) is 16.8. The lowest BCUT2D eigenvalue weighted by Crippen LogP contribution is -2.23. The van der Waals surface area contributed by atoms with Gasteiger partial charge in [-0.3, -0.25) is 4.79 Å². The van der Waals surface area contributed by atoms with Crippen LogP contribution in [0.1, 0.15) is 6.92 Å². The van der Waals surface area contributed by atoms with Crippen LogP contribution in [0.25, 0.3) is 22.2 Å². The number of carbonyl (C=O) groups is 1. The van der Waals surface area contributed by atoms with Crippen molar-refractivity contribution in [1.82, 2.24) is 14.8 Å². The first kappa shape index (κ1) is 19.1. The van der Waals surface area contributed by atoms with E-state index in [0.717, 1.165) is 22.0 Å². The molecule has 1 amide bonds. The number of anilines is 1. The molecule has 0 saturated heterocycles. The minimum absolute atomic E-state index is 0.113. The number of rotatable bonds is 5. The van der Waals surface area contributed by atoms with Crippen molar-refractivity contribution in [1.29, 1.82) is 0 Å². The number of aromatic nitrogens is 3. The van der Waals surface area contributed by atoms with Crippen LogP contribution in [0.3, 0.4) is 0 Å². The summed E-state index contributed by atoms with van der Waals surface area (Å²) >= 11 is 1.32. The van der Waals surface area contributed by atoms with E-state index in [1.807, 2.05) is 56.4 Å². The van der Waals surface area contributed by atoms with Crippen molar-refractivity contribution < 1.29 is 9.18 Å². The number of thioether (sulfide) groups is 1. The largest absolute Gasteiger partial charge is 0.325 e. The maximum Gasteiger partial charge on any atom is 0.237 e. The van der Waals surface area contributed by atoms with Gasteiger partial charge in [0.25, 0.3) is 0 Å². The maximum absolute atomic E-state index is 13.2. The molecule has 1 heterocycles. The zero-order chi connectivity index (χ0) is 20.4. The number of carbonyl (C=O) groups excluding carboxylic acids is 1. The van der Waals surface area contributed by atoms with Gasteiger partial charge in [-0.05, 0) is 42.6 Å². The number of amides is 1. The number of hydrogen-bond acceptors (Lipinski definition) is 4. The summed E-state index contributed by atoms with van der Waals surface area (Å²) in [5, 5.41) is 13.7. The van der Waals surface area contributed by atoms with E-state index in [4.69, 9.17) is 0 Å². The Morgan fingerprint density at radius 2 is 1.76 bits per heavy atom. The minimum atomic E-state index is -0.377. The highest BCUT2D eigenvalue weighted by atomic mass is 32.2. The summed E-state index contributed by atoms with van der Waals surface area (Å²) in [5.41, 5.74) is 1.55. The van der Waals surface area contributed by atoms with Crippen molar-refractivity contribution in [2.24, 2.45) is 7.05 Å². The Bertz CT molecular complexity index is 1170. The minimum Gasteiger partial charge on any atom is -0.325 e. The second-order valence-corrected chi connectivity index (χ2v) is 7.96. The topological polar surface area (TPSA) is 59.8 Å². The Hall–Kier alpha value is -3.19. The maximum atomic E-state index is 13.2. The fraction of sp³-hybridized carbons (Fsp3) is 0.136. The first-order chi connectivity index (χ1) is 14.0. The van der Waals surface area contributed by atoms with Crippen molar-refractivity contribution in [2.45, 2.75) is 17.3 Å². The lowest BCUT2D eigenvalue weighted by Gasteiger charge is -2.13. The summed E-state index contributed by atoms with van der Waals surface area (Å²) < 4.78 is 15.0. The van der Waals surface area contributed by atoms with Crippen molar-refractivity contribution in [2.75, 3.05) is 5.32 Å². The number of hydrogen-bond donors (Lipinski definition) is 1. The van der Waals surface area contributed by atoms with Gasteiger partial charge >= 0.3 is 0 Å². The van der Waals surface area contributed by atoms with Gasteiger partial charge in [0.05, 0.1) is 5.25 Å². The Kier molecular flexibility index (Phi) is 5.31.